The predicted molar refractivity (Wildman–Crippen MR) is 125 cm³/mol. The number of nitrogens with one attached hydrogen (secondary N) is 1. The number of pyridine rings is 1. The lowest BCUT2D eigenvalue weighted by Gasteiger charge is -2.26. The lowest BCUT2D eigenvalue weighted by atomic mass is 9.88. The van der Waals surface area contributed by atoms with Crippen molar-refractivity contribution in [1.29, 1.82) is 0 Å². The zero-order valence-corrected chi connectivity index (χ0v) is 18.3. The number of anilines is 1. The first-order valence-electron chi connectivity index (χ1n) is 11.2. The van der Waals surface area contributed by atoms with Gasteiger partial charge in [-0.2, -0.15) is 14.6 Å². The molecule has 0 unspecified atom stereocenters. The van der Waals surface area contributed by atoms with E-state index in [1.165, 1.54) is 29.0 Å². The highest BCUT2D eigenvalue weighted by atomic mass is 19.1. The summed E-state index contributed by atoms with van der Waals surface area (Å²) < 4.78 is 15.6. The highest BCUT2D eigenvalue weighted by Crippen LogP contribution is 2.42. The third kappa shape index (κ3) is 3.47. The van der Waals surface area contributed by atoms with E-state index in [0.717, 1.165) is 31.2 Å². The molecule has 0 saturated heterocycles. The van der Waals surface area contributed by atoms with Gasteiger partial charge in [0.15, 0.2) is 11.5 Å². The number of aromatic nitrogens is 5. The van der Waals surface area contributed by atoms with Crippen LogP contribution in [0.4, 0.5) is 10.3 Å². The maximum atomic E-state index is 13.9. The third-order valence-electron chi connectivity index (χ3n) is 6.60. The molecular weight excluding hydrogens is 417 g/mol. The van der Waals surface area contributed by atoms with Crippen molar-refractivity contribution in [3.63, 3.8) is 0 Å². The SMILES string of the molecule is C[C@@H](N)c1cnn2c(N[C@@H]3CCC4=C(C3)c3ccccc3C4)nc(-c3cncc(F)c3)nc12. The van der Waals surface area contributed by atoms with Crippen LogP contribution in [0.3, 0.4) is 0 Å². The number of rotatable bonds is 4. The second kappa shape index (κ2) is 7.74. The van der Waals surface area contributed by atoms with E-state index in [1.54, 1.807) is 22.5 Å². The van der Waals surface area contributed by atoms with Crippen LogP contribution in [0.5, 0.6) is 0 Å². The number of nitrogens with two attached hydrogens (primary N) is 1. The quantitative estimate of drug-likeness (QED) is 0.490. The monoisotopic (exact) mass is 441 g/mol. The number of benzene rings is 1. The molecule has 2 atom stereocenters. The summed E-state index contributed by atoms with van der Waals surface area (Å²) in [6.45, 7) is 1.89. The van der Waals surface area contributed by atoms with Gasteiger partial charge in [0.2, 0.25) is 5.95 Å². The maximum Gasteiger partial charge on any atom is 0.228 e. The summed E-state index contributed by atoms with van der Waals surface area (Å²) in [7, 11) is 0. The highest BCUT2D eigenvalue weighted by molar-refractivity contribution is 5.77. The van der Waals surface area contributed by atoms with Gasteiger partial charge in [-0.1, -0.05) is 29.8 Å². The Morgan fingerprint density at radius 2 is 2.06 bits per heavy atom. The first-order chi connectivity index (χ1) is 16.1. The van der Waals surface area contributed by atoms with Crippen LogP contribution in [0, 0.1) is 5.82 Å². The zero-order valence-electron chi connectivity index (χ0n) is 18.3. The van der Waals surface area contributed by atoms with Crippen molar-refractivity contribution in [2.24, 2.45) is 5.73 Å². The van der Waals surface area contributed by atoms with Crippen LogP contribution in [-0.4, -0.2) is 30.6 Å². The van der Waals surface area contributed by atoms with E-state index in [9.17, 15) is 4.39 Å². The molecule has 2 aliphatic rings. The van der Waals surface area contributed by atoms with Gasteiger partial charge in [-0.25, -0.2) is 9.37 Å². The molecule has 0 radical (unpaired) electrons. The summed E-state index contributed by atoms with van der Waals surface area (Å²) >= 11 is 0. The standard InChI is InChI=1S/C25H24FN7/c1-14(27)22-13-29-33-24(22)31-23(17-9-18(26)12-28-11-17)32-25(33)30-19-7-6-16-8-15-4-2-3-5-20(15)21(16)10-19/h2-5,9,11-14,19H,6-8,10,27H2,1H3,(H,30,31,32)/t14-,19-/m1/s1. The first-order valence-corrected chi connectivity index (χ1v) is 11.2. The van der Waals surface area contributed by atoms with Gasteiger partial charge in [0.25, 0.3) is 0 Å². The molecule has 6 rings (SSSR count). The van der Waals surface area contributed by atoms with Gasteiger partial charge in [-0.05, 0) is 55.4 Å². The molecule has 0 spiro atoms. The van der Waals surface area contributed by atoms with E-state index in [4.69, 9.17) is 10.7 Å². The molecule has 3 aromatic heterocycles. The molecule has 166 valence electrons. The number of fused-ring (bicyclic) bond motifs is 3. The Hall–Kier alpha value is -3.65. The predicted octanol–water partition coefficient (Wildman–Crippen LogP) is 4.32. The molecule has 8 heteroatoms. The zero-order chi connectivity index (χ0) is 22.5. The minimum Gasteiger partial charge on any atom is -0.351 e. The summed E-state index contributed by atoms with van der Waals surface area (Å²) in [5, 5.41) is 8.11. The third-order valence-corrected chi connectivity index (χ3v) is 6.60. The molecule has 33 heavy (non-hydrogen) atoms. The van der Waals surface area contributed by atoms with Crippen molar-refractivity contribution in [3.05, 3.63) is 77.0 Å². The number of nitrogens with zero attached hydrogens (tertiary/aromatic N) is 5. The Morgan fingerprint density at radius 3 is 2.91 bits per heavy atom. The summed E-state index contributed by atoms with van der Waals surface area (Å²) in [6.07, 6.45) is 8.51. The summed E-state index contributed by atoms with van der Waals surface area (Å²) in [6, 6.07) is 10.0. The van der Waals surface area contributed by atoms with Crippen LogP contribution in [0.15, 0.2) is 54.5 Å². The fourth-order valence-electron chi connectivity index (χ4n) is 4.96. The average molecular weight is 442 g/mol. The number of allylic oxidation sites excluding steroid dienone is 1. The molecule has 0 aliphatic heterocycles. The van der Waals surface area contributed by atoms with Crippen molar-refractivity contribution >= 4 is 17.2 Å². The van der Waals surface area contributed by atoms with Crippen molar-refractivity contribution < 1.29 is 4.39 Å². The Morgan fingerprint density at radius 1 is 1.18 bits per heavy atom. The van der Waals surface area contributed by atoms with Crippen molar-refractivity contribution in [1.82, 2.24) is 24.6 Å². The Bertz CT molecular complexity index is 1410. The lowest BCUT2D eigenvalue weighted by molar-refractivity contribution is 0.621. The molecule has 3 heterocycles. The molecule has 3 N–H and O–H groups in total. The molecule has 0 fully saturated rings. The second-order valence-corrected chi connectivity index (χ2v) is 8.89. The van der Waals surface area contributed by atoms with E-state index < -0.39 is 5.82 Å². The first kappa shape index (κ1) is 20.0. The normalized spacial score (nSPS) is 18.3. The van der Waals surface area contributed by atoms with Gasteiger partial charge in [0, 0.05) is 29.4 Å². The summed E-state index contributed by atoms with van der Waals surface area (Å²) in [5.74, 6) is 0.533. The molecule has 4 aromatic rings. The summed E-state index contributed by atoms with van der Waals surface area (Å²) in [5.41, 5.74) is 13.9. The van der Waals surface area contributed by atoms with Gasteiger partial charge in [-0.3, -0.25) is 4.98 Å². The fraction of sp³-hybridized carbons (Fsp3) is 0.280. The second-order valence-electron chi connectivity index (χ2n) is 8.89. The van der Waals surface area contributed by atoms with Gasteiger partial charge >= 0.3 is 0 Å². The largest absolute Gasteiger partial charge is 0.351 e. The Kier molecular flexibility index (Phi) is 4.69. The average Bonchev–Trinajstić information content (AvgIpc) is 3.41. The summed E-state index contributed by atoms with van der Waals surface area (Å²) in [4.78, 5) is 13.3. The Labute approximate surface area is 190 Å². The van der Waals surface area contributed by atoms with Crippen LogP contribution in [-0.2, 0) is 6.42 Å². The lowest BCUT2D eigenvalue weighted by Crippen LogP contribution is -2.25. The van der Waals surface area contributed by atoms with Gasteiger partial charge in [-0.15, -0.1) is 0 Å². The maximum absolute atomic E-state index is 13.9. The van der Waals surface area contributed by atoms with E-state index in [2.05, 4.69) is 44.6 Å². The van der Waals surface area contributed by atoms with Gasteiger partial charge in [0.05, 0.1) is 12.4 Å². The molecule has 7 nitrogen and oxygen atoms in total. The smallest absolute Gasteiger partial charge is 0.228 e. The van der Waals surface area contributed by atoms with Crippen LogP contribution in [0.25, 0.3) is 22.6 Å². The van der Waals surface area contributed by atoms with Gasteiger partial charge < -0.3 is 11.1 Å². The molecule has 0 bridgehead atoms. The molecule has 0 amide bonds. The Balaban J connectivity index is 1.38. The molecule has 1 aromatic carbocycles. The van der Waals surface area contributed by atoms with Crippen LogP contribution in [0.1, 0.15) is 48.9 Å². The van der Waals surface area contributed by atoms with Crippen LogP contribution < -0.4 is 11.1 Å². The topological polar surface area (TPSA) is 94.0 Å². The fourth-order valence-corrected chi connectivity index (χ4v) is 4.96. The van der Waals surface area contributed by atoms with Crippen molar-refractivity contribution in [2.45, 2.75) is 44.7 Å². The molecule has 2 aliphatic carbocycles. The minimum atomic E-state index is -0.432. The van der Waals surface area contributed by atoms with E-state index in [1.807, 2.05) is 6.92 Å². The van der Waals surface area contributed by atoms with Crippen LogP contribution in [0.2, 0.25) is 0 Å². The van der Waals surface area contributed by atoms with Crippen LogP contribution >= 0.6 is 0 Å². The van der Waals surface area contributed by atoms with E-state index >= 15 is 0 Å². The molecular formula is C25H24FN7. The highest BCUT2D eigenvalue weighted by Gasteiger charge is 2.29. The molecule has 0 saturated carbocycles. The van der Waals surface area contributed by atoms with E-state index in [0.29, 0.717) is 23.0 Å². The number of halogens is 1. The van der Waals surface area contributed by atoms with Crippen molar-refractivity contribution in [2.75, 3.05) is 5.32 Å². The number of hydrogen-bond donors (Lipinski definition) is 2. The van der Waals surface area contributed by atoms with Gasteiger partial charge in [0.1, 0.15) is 5.82 Å². The van der Waals surface area contributed by atoms with Crippen molar-refractivity contribution in [3.8, 4) is 11.4 Å². The van der Waals surface area contributed by atoms with E-state index in [-0.39, 0.29) is 12.1 Å². The number of hydrogen-bond acceptors (Lipinski definition) is 6. The minimum absolute atomic E-state index is 0.203.